The van der Waals surface area contributed by atoms with E-state index < -0.39 is 5.91 Å². The minimum absolute atomic E-state index is 0.0113. The molecule has 0 saturated heterocycles. The van der Waals surface area contributed by atoms with Crippen LogP contribution in [0.3, 0.4) is 0 Å². The Morgan fingerprint density at radius 1 is 1.62 bits per heavy atom. The third-order valence-corrected chi connectivity index (χ3v) is 2.22. The zero-order chi connectivity index (χ0) is 12.1. The fourth-order valence-corrected chi connectivity index (χ4v) is 1.32. The smallest absolute Gasteiger partial charge is 0.260 e. The first-order valence-corrected chi connectivity index (χ1v) is 4.95. The standard InChI is InChI=1S/C11H13N3O2/c1-3-14(5-4-12)11(16)9-7-13-8(2)6-10(9)15/h6-7H,3,5H2,1-2H3,(H,13,15). The highest BCUT2D eigenvalue weighted by Crippen LogP contribution is 1.99. The Labute approximate surface area is 93.3 Å². The van der Waals surface area contributed by atoms with E-state index in [2.05, 4.69) is 4.98 Å². The van der Waals surface area contributed by atoms with E-state index in [1.807, 2.05) is 6.07 Å². The molecule has 5 heteroatoms. The molecular weight excluding hydrogens is 206 g/mol. The number of nitrogens with zero attached hydrogens (tertiary/aromatic N) is 2. The molecule has 0 radical (unpaired) electrons. The molecule has 1 aromatic heterocycles. The van der Waals surface area contributed by atoms with Crippen LogP contribution in [0, 0.1) is 18.3 Å². The molecule has 1 aromatic rings. The Bertz CT molecular complexity index is 485. The van der Waals surface area contributed by atoms with E-state index in [0.29, 0.717) is 12.2 Å². The molecule has 0 aliphatic heterocycles. The zero-order valence-corrected chi connectivity index (χ0v) is 9.28. The summed E-state index contributed by atoms with van der Waals surface area (Å²) in [6, 6.07) is 3.26. The summed E-state index contributed by atoms with van der Waals surface area (Å²) in [7, 11) is 0. The van der Waals surface area contributed by atoms with Crippen LogP contribution in [-0.2, 0) is 0 Å². The van der Waals surface area contributed by atoms with E-state index in [1.165, 1.54) is 17.2 Å². The van der Waals surface area contributed by atoms with E-state index in [4.69, 9.17) is 5.26 Å². The quantitative estimate of drug-likeness (QED) is 0.759. The van der Waals surface area contributed by atoms with Gasteiger partial charge in [0, 0.05) is 24.5 Å². The van der Waals surface area contributed by atoms with Gasteiger partial charge in [0.1, 0.15) is 12.1 Å². The Morgan fingerprint density at radius 2 is 2.31 bits per heavy atom. The number of aromatic amines is 1. The van der Waals surface area contributed by atoms with Crippen molar-refractivity contribution in [1.29, 1.82) is 5.26 Å². The van der Waals surface area contributed by atoms with Crippen molar-refractivity contribution in [2.45, 2.75) is 13.8 Å². The molecule has 1 amide bonds. The first-order chi connectivity index (χ1) is 7.60. The first-order valence-electron chi connectivity index (χ1n) is 4.95. The van der Waals surface area contributed by atoms with Crippen LogP contribution in [0.5, 0.6) is 0 Å². The maximum Gasteiger partial charge on any atom is 0.260 e. The van der Waals surface area contributed by atoms with Gasteiger partial charge in [-0.15, -0.1) is 0 Å². The van der Waals surface area contributed by atoms with Gasteiger partial charge in [-0.1, -0.05) is 0 Å². The van der Waals surface area contributed by atoms with Crippen molar-refractivity contribution in [2.75, 3.05) is 13.1 Å². The Morgan fingerprint density at radius 3 is 2.81 bits per heavy atom. The van der Waals surface area contributed by atoms with Crippen LogP contribution in [0.1, 0.15) is 23.0 Å². The lowest BCUT2D eigenvalue weighted by molar-refractivity contribution is 0.0782. The largest absolute Gasteiger partial charge is 0.364 e. The second kappa shape index (κ2) is 5.12. The molecule has 0 aromatic carbocycles. The number of nitriles is 1. The van der Waals surface area contributed by atoms with Crippen molar-refractivity contribution >= 4 is 5.91 Å². The maximum absolute atomic E-state index is 11.9. The van der Waals surface area contributed by atoms with Crippen LogP contribution in [0.2, 0.25) is 0 Å². The van der Waals surface area contributed by atoms with Crippen molar-refractivity contribution in [3.05, 3.63) is 33.7 Å². The van der Waals surface area contributed by atoms with Gasteiger partial charge in [-0.05, 0) is 13.8 Å². The third kappa shape index (κ3) is 2.48. The number of carbonyl (C=O) groups excluding carboxylic acids is 1. The number of nitrogens with one attached hydrogen (secondary N) is 1. The number of carbonyl (C=O) groups is 1. The predicted octanol–water partition coefficient (Wildman–Crippen LogP) is 0.669. The molecule has 1 N–H and O–H groups in total. The Kier molecular flexibility index (Phi) is 3.84. The molecule has 0 bridgehead atoms. The summed E-state index contributed by atoms with van der Waals surface area (Å²) in [5.74, 6) is -0.412. The summed E-state index contributed by atoms with van der Waals surface area (Å²) in [4.78, 5) is 27.5. The SMILES string of the molecule is CCN(CC#N)C(=O)c1c[nH]c(C)cc1=O. The van der Waals surface area contributed by atoms with Crippen LogP contribution < -0.4 is 5.43 Å². The first kappa shape index (κ1) is 12.0. The lowest BCUT2D eigenvalue weighted by Gasteiger charge is -2.16. The lowest BCUT2D eigenvalue weighted by Crippen LogP contribution is -2.34. The highest BCUT2D eigenvalue weighted by Gasteiger charge is 2.16. The lowest BCUT2D eigenvalue weighted by atomic mass is 10.2. The summed E-state index contributed by atoms with van der Waals surface area (Å²) in [6.07, 6.45) is 1.39. The van der Waals surface area contributed by atoms with Crippen molar-refractivity contribution < 1.29 is 4.79 Å². The molecule has 0 saturated carbocycles. The van der Waals surface area contributed by atoms with Gasteiger partial charge in [0.05, 0.1) is 6.07 Å². The Balaban J connectivity index is 3.05. The Hall–Kier alpha value is -2.09. The normalized spacial score (nSPS) is 9.56. The zero-order valence-electron chi connectivity index (χ0n) is 9.28. The highest BCUT2D eigenvalue weighted by molar-refractivity contribution is 5.93. The monoisotopic (exact) mass is 219 g/mol. The minimum atomic E-state index is -0.412. The summed E-state index contributed by atoms with van der Waals surface area (Å²) in [6.45, 7) is 3.89. The van der Waals surface area contributed by atoms with Gasteiger partial charge >= 0.3 is 0 Å². The van der Waals surface area contributed by atoms with Gasteiger partial charge in [-0.3, -0.25) is 9.59 Å². The number of rotatable bonds is 3. The number of hydrogen-bond acceptors (Lipinski definition) is 3. The predicted molar refractivity (Wildman–Crippen MR) is 59.0 cm³/mol. The molecule has 5 nitrogen and oxygen atoms in total. The van der Waals surface area contributed by atoms with Crippen LogP contribution in [0.25, 0.3) is 0 Å². The van der Waals surface area contributed by atoms with E-state index in [0.717, 1.165) is 0 Å². The highest BCUT2D eigenvalue weighted by atomic mass is 16.2. The molecule has 16 heavy (non-hydrogen) atoms. The number of aromatic nitrogens is 1. The van der Waals surface area contributed by atoms with E-state index in [-0.39, 0.29) is 17.5 Å². The fourth-order valence-electron chi connectivity index (χ4n) is 1.32. The summed E-state index contributed by atoms with van der Waals surface area (Å²) in [5, 5.41) is 8.55. The summed E-state index contributed by atoms with van der Waals surface area (Å²) < 4.78 is 0. The van der Waals surface area contributed by atoms with Gasteiger partial charge in [-0.2, -0.15) is 5.26 Å². The molecule has 0 aliphatic rings. The van der Waals surface area contributed by atoms with Gasteiger partial charge in [-0.25, -0.2) is 0 Å². The molecule has 0 unspecified atom stereocenters. The number of aryl methyl sites for hydroxylation is 1. The van der Waals surface area contributed by atoms with Gasteiger partial charge in [0.25, 0.3) is 5.91 Å². The second-order valence-corrected chi connectivity index (χ2v) is 3.37. The van der Waals surface area contributed by atoms with Crippen molar-refractivity contribution in [1.82, 2.24) is 9.88 Å². The van der Waals surface area contributed by atoms with Gasteiger partial charge in [0.2, 0.25) is 0 Å². The second-order valence-electron chi connectivity index (χ2n) is 3.37. The molecule has 0 fully saturated rings. The molecule has 1 heterocycles. The van der Waals surface area contributed by atoms with E-state index in [1.54, 1.807) is 13.8 Å². The molecule has 84 valence electrons. The van der Waals surface area contributed by atoms with Crippen LogP contribution in [-0.4, -0.2) is 28.9 Å². The minimum Gasteiger partial charge on any atom is -0.364 e. The number of pyridine rings is 1. The molecule has 0 spiro atoms. The van der Waals surface area contributed by atoms with Crippen molar-refractivity contribution in [3.8, 4) is 6.07 Å². The average Bonchev–Trinajstić information content (AvgIpc) is 2.25. The maximum atomic E-state index is 11.9. The van der Waals surface area contributed by atoms with E-state index in [9.17, 15) is 9.59 Å². The number of hydrogen-bond donors (Lipinski definition) is 1. The van der Waals surface area contributed by atoms with Gasteiger partial charge in [0.15, 0.2) is 5.43 Å². The molecule has 0 aliphatic carbocycles. The molecule has 1 rings (SSSR count). The van der Waals surface area contributed by atoms with E-state index >= 15 is 0 Å². The van der Waals surface area contributed by atoms with Gasteiger partial charge < -0.3 is 9.88 Å². The number of H-pyrrole nitrogens is 1. The van der Waals surface area contributed by atoms with Crippen LogP contribution in [0.4, 0.5) is 0 Å². The van der Waals surface area contributed by atoms with Crippen LogP contribution >= 0.6 is 0 Å². The van der Waals surface area contributed by atoms with Crippen molar-refractivity contribution in [3.63, 3.8) is 0 Å². The molecule has 0 atom stereocenters. The fraction of sp³-hybridized carbons (Fsp3) is 0.364. The number of amides is 1. The van der Waals surface area contributed by atoms with Crippen LogP contribution in [0.15, 0.2) is 17.1 Å². The third-order valence-electron chi connectivity index (χ3n) is 2.22. The summed E-state index contributed by atoms with van der Waals surface area (Å²) >= 11 is 0. The summed E-state index contributed by atoms with van der Waals surface area (Å²) in [5.41, 5.74) is 0.449. The average molecular weight is 219 g/mol. The topological polar surface area (TPSA) is 77.0 Å². The molecular formula is C11H13N3O2. The van der Waals surface area contributed by atoms with Crippen molar-refractivity contribution in [2.24, 2.45) is 0 Å².